The number of nitrogens with zero attached hydrogens (tertiary/aromatic N) is 1. The van der Waals surface area contributed by atoms with Gasteiger partial charge in [-0.2, -0.15) is 0 Å². The average Bonchev–Trinajstić information content (AvgIpc) is 2.83. The number of unbranched alkanes of at least 4 members (excludes halogenated alkanes) is 4. The Bertz CT molecular complexity index is 710. The molecular formula is C29H53N3O5. The zero-order valence-corrected chi connectivity index (χ0v) is 24.0. The van der Waals surface area contributed by atoms with Gasteiger partial charge >= 0.3 is 5.97 Å². The third kappa shape index (κ3) is 13.3. The fourth-order valence-corrected chi connectivity index (χ4v) is 5.19. The summed E-state index contributed by atoms with van der Waals surface area (Å²) in [4.78, 5) is 53.0. The summed E-state index contributed by atoms with van der Waals surface area (Å²) in [5.41, 5.74) is 0. The van der Waals surface area contributed by atoms with Crippen LogP contribution in [0.4, 0.5) is 0 Å². The van der Waals surface area contributed by atoms with E-state index in [1.807, 2.05) is 13.8 Å². The molecule has 1 heterocycles. The summed E-state index contributed by atoms with van der Waals surface area (Å²) < 4.78 is 0. The molecule has 0 bridgehead atoms. The minimum Gasteiger partial charge on any atom is -0.480 e. The van der Waals surface area contributed by atoms with Crippen LogP contribution in [0.15, 0.2) is 0 Å². The molecule has 0 aromatic heterocycles. The summed E-state index contributed by atoms with van der Waals surface area (Å²) in [6, 6.07) is -1.98. The van der Waals surface area contributed by atoms with Crippen LogP contribution in [0.25, 0.3) is 0 Å². The first kappa shape index (κ1) is 32.9. The standard InChI is InChI=1S/C29H53N3O5/c1-6-7-8-10-13-16-22-17-14-11-9-12-15-18-23(28(35)32(4)5)20-25(29(36)37)31-27(34)24(19-21(2)3)30-26(22)33/h21-25H,6-20H2,1-5H3,(H,30,33)(H,31,34)(H,36,37)/t22?,23?,24-,25-/m0/s1. The molecule has 37 heavy (non-hydrogen) atoms. The lowest BCUT2D eigenvalue weighted by Gasteiger charge is -2.27. The van der Waals surface area contributed by atoms with E-state index in [0.29, 0.717) is 12.8 Å². The van der Waals surface area contributed by atoms with Gasteiger partial charge in [0.25, 0.3) is 0 Å². The van der Waals surface area contributed by atoms with E-state index >= 15 is 0 Å². The highest BCUT2D eigenvalue weighted by molar-refractivity contribution is 5.91. The summed E-state index contributed by atoms with van der Waals surface area (Å²) in [7, 11) is 3.34. The van der Waals surface area contributed by atoms with Crippen LogP contribution in [0, 0.1) is 17.8 Å². The predicted molar refractivity (Wildman–Crippen MR) is 147 cm³/mol. The third-order valence-electron chi connectivity index (χ3n) is 7.40. The quantitative estimate of drug-likeness (QED) is 0.352. The molecule has 1 aliphatic heterocycles. The maximum absolute atomic E-state index is 13.3. The van der Waals surface area contributed by atoms with Gasteiger partial charge in [0.1, 0.15) is 12.1 Å². The lowest BCUT2D eigenvalue weighted by Crippen LogP contribution is -2.53. The van der Waals surface area contributed by atoms with E-state index in [2.05, 4.69) is 17.6 Å². The number of carboxylic acids is 1. The largest absolute Gasteiger partial charge is 0.480 e. The van der Waals surface area contributed by atoms with Crippen LogP contribution in [0.1, 0.15) is 117 Å². The van der Waals surface area contributed by atoms with Crippen LogP contribution in [0.5, 0.6) is 0 Å². The molecule has 0 aromatic rings. The van der Waals surface area contributed by atoms with Gasteiger partial charge in [-0.1, -0.05) is 85.0 Å². The van der Waals surface area contributed by atoms with Gasteiger partial charge in [0.2, 0.25) is 17.7 Å². The predicted octanol–water partition coefficient (Wildman–Crippen LogP) is 4.90. The Morgan fingerprint density at radius 2 is 1.54 bits per heavy atom. The molecule has 1 fully saturated rings. The summed E-state index contributed by atoms with van der Waals surface area (Å²) in [6.45, 7) is 6.14. The lowest BCUT2D eigenvalue weighted by atomic mass is 9.90. The Morgan fingerprint density at radius 3 is 2.14 bits per heavy atom. The maximum atomic E-state index is 13.3. The highest BCUT2D eigenvalue weighted by atomic mass is 16.4. The van der Waals surface area contributed by atoms with Crippen molar-refractivity contribution in [2.75, 3.05) is 14.1 Å². The van der Waals surface area contributed by atoms with Gasteiger partial charge < -0.3 is 20.6 Å². The summed E-state index contributed by atoms with van der Waals surface area (Å²) >= 11 is 0. The second-order valence-corrected chi connectivity index (χ2v) is 11.5. The van der Waals surface area contributed by atoms with E-state index in [4.69, 9.17) is 0 Å². The van der Waals surface area contributed by atoms with Gasteiger partial charge in [0, 0.05) is 25.9 Å². The Hall–Kier alpha value is -2.12. The Labute approximate surface area is 224 Å². The van der Waals surface area contributed by atoms with Crippen molar-refractivity contribution < 1.29 is 24.3 Å². The molecule has 2 unspecified atom stereocenters. The fraction of sp³-hybridized carbons (Fsp3) is 0.862. The highest BCUT2D eigenvalue weighted by Gasteiger charge is 2.32. The molecule has 1 rings (SSSR count). The van der Waals surface area contributed by atoms with Crippen LogP contribution in [-0.4, -0.2) is 59.9 Å². The molecule has 3 N–H and O–H groups in total. The molecular weight excluding hydrogens is 470 g/mol. The molecule has 0 spiro atoms. The zero-order chi connectivity index (χ0) is 27.8. The van der Waals surface area contributed by atoms with Crippen molar-refractivity contribution >= 4 is 23.7 Å². The van der Waals surface area contributed by atoms with Crippen molar-refractivity contribution in [3.63, 3.8) is 0 Å². The summed E-state index contributed by atoms with van der Waals surface area (Å²) in [5, 5.41) is 15.5. The van der Waals surface area contributed by atoms with Gasteiger partial charge in [0.15, 0.2) is 0 Å². The van der Waals surface area contributed by atoms with Crippen LogP contribution in [0.3, 0.4) is 0 Å². The maximum Gasteiger partial charge on any atom is 0.326 e. The Balaban J connectivity index is 3.09. The molecule has 1 saturated heterocycles. The molecule has 0 radical (unpaired) electrons. The van der Waals surface area contributed by atoms with E-state index in [-0.39, 0.29) is 30.1 Å². The van der Waals surface area contributed by atoms with Gasteiger partial charge in [0.05, 0.1) is 0 Å². The normalized spacial score (nSPS) is 24.8. The molecule has 0 aromatic carbocycles. The zero-order valence-electron chi connectivity index (χ0n) is 24.0. The fourth-order valence-electron chi connectivity index (χ4n) is 5.19. The minimum atomic E-state index is -1.18. The first-order chi connectivity index (χ1) is 17.6. The van der Waals surface area contributed by atoms with E-state index in [0.717, 1.165) is 57.8 Å². The molecule has 3 amide bonds. The average molecular weight is 524 g/mol. The van der Waals surface area contributed by atoms with Crippen molar-refractivity contribution in [2.24, 2.45) is 17.8 Å². The Kier molecular flexibility index (Phi) is 16.2. The van der Waals surface area contributed by atoms with E-state index in [1.165, 1.54) is 24.2 Å². The van der Waals surface area contributed by atoms with Crippen LogP contribution in [-0.2, 0) is 19.2 Å². The monoisotopic (exact) mass is 523 g/mol. The first-order valence-corrected chi connectivity index (χ1v) is 14.6. The van der Waals surface area contributed by atoms with E-state index < -0.39 is 29.9 Å². The van der Waals surface area contributed by atoms with Crippen molar-refractivity contribution in [3.05, 3.63) is 0 Å². The SMILES string of the molecule is CCCCCCCC1CCCCCCCC(C(=O)N(C)C)C[C@@H](C(=O)O)NC(=O)[C@H](CC(C)C)NC1=O. The topological polar surface area (TPSA) is 116 Å². The summed E-state index contributed by atoms with van der Waals surface area (Å²) in [5.74, 6) is -2.33. The number of carboxylic acid groups (broad SMARTS) is 1. The lowest BCUT2D eigenvalue weighted by molar-refractivity contribution is -0.144. The van der Waals surface area contributed by atoms with Gasteiger partial charge in [-0.05, 0) is 38.0 Å². The molecule has 214 valence electrons. The van der Waals surface area contributed by atoms with Crippen molar-refractivity contribution in [1.29, 1.82) is 0 Å². The van der Waals surface area contributed by atoms with Gasteiger partial charge in [-0.15, -0.1) is 0 Å². The van der Waals surface area contributed by atoms with Gasteiger partial charge in [-0.3, -0.25) is 14.4 Å². The molecule has 8 nitrogen and oxygen atoms in total. The van der Waals surface area contributed by atoms with Crippen LogP contribution >= 0.6 is 0 Å². The highest BCUT2D eigenvalue weighted by Crippen LogP contribution is 2.23. The number of aliphatic carboxylic acids is 1. The second kappa shape index (κ2) is 18.2. The summed E-state index contributed by atoms with van der Waals surface area (Å²) in [6.07, 6.45) is 13.2. The smallest absolute Gasteiger partial charge is 0.326 e. The number of rotatable bonds is 10. The van der Waals surface area contributed by atoms with E-state index in [1.54, 1.807) is 14.1 Å². The van der Waals surface area contributed by atoms with Gasteiger partial charge in [-0.25, -0.2) is 4.79 Å². The van der Waals surface area contributed by atoms with Crippen molar-refractivity contribution in [2.45, 2.75) is 129 Å². The minimum absolute atomic E-state index is 0.0425. The molecule has 0 saturated carbocycles. The molecule has 4 atom stereocenters. The molecule has 1 aliphatic rings. The number of carbonyl (C=O) groups is 4. The Morgan fingerprint density at radius 1 is 0.919 bits per heavy atom. The van der Waals surface area contributed by atoms with Crippen LogP contribution in [0.2, 0.25) is 0 Å². The van der Waals surface area contributed by atoms with Crippen molar-refractivity contribution in [1.82, 2.24) is 15.5 Å². The number of nitrogens with one attached hydrogen (secondary N) is 2. The number of carbonyl (C=O) groups excluding carboxylic acids is 3. The number of amides is 3. The molecule has 0 aliphatic carbocycles. The number of hydrogen-bond acceptors (Lipinski definition) is 4. The third-order valence-corrected chi connectivity index (χ3v) is 7.40. The van der Waals surface area contributed by atoms with E-state index in [9.17, 15) is 24.3 Å². The number of hydrogen-bond donors (Lipinski definition) is 3. The molecule has 8 heteroatoms. The van der Waals surface area contributed by atoms with Crippen molar-refractivity contribution in [3.8, 4) is 0 Å². The second-order valence-electron chi connectivity index (χ2n) is 11.5. The van der Waals surface area contributed by atoms with Crippen LogP contribution < -0.4 is 10.6 Å². The first-order valence-electron chi connectivity index (χ1n) is 14.6.